The Morgan fingerprint density at radius 2 is 1.67 bits per heavy atom. The van der Waals surface area contributed by atoms with Crippen molar-refractivity contribution in [3.05, 3.63) is 0 Å². The van der Waals surface area contributed by atoms with Gasteiger partial charge in [0.2, 0.25) is 0 Å². The average Bonchev–Trinajstić information content (AvgIpc) is 1.88. The molecule has 0 rings (SSSR count). The van der Waals surface area contributed by atoms with Crippen LogP contribution >= 0.6 is 0 Å². The van der Waals surface area contributed by atoms with Crippen LogP contribution in [0.4, 0.5) is 0 Å². The molecule has 66 valence electrons. The smallest absolute Gasteiger partial charge is 2.00 e. The van der Waals surface area contributed by atoms with Gasteiger partial charge < -0.3 is 4.55 Å². The SMILES string of the molecule is O=S([O-])OO.O=[S]([O-])(=[Ca])OO.[Ca+2]. The minimum Gasteiger partial charge on any atom is 2.00 e. The molecule has 0 heterocycles. The summed E-state index contributed by atoms with van der Waals surface area (Å²) in [6.45, 7) is 0. The second kappa shape index (κ2) is 11.7. The third-order valence-corrected chi connectivity index (χ3v) is 1.02. The minimum absolute atomic E-state index is 0. The molecule has 0 aromatic rings. The van der Waals surface area contributed by atoms with Crippen LogP contribution in [0.2, 0.25) is 0 Å². The van der Waals surface area contributed by atoms with E-state index in [0.717, 1.165) is 0 Å². The quantitative estimate of drug-likeness (QED) is 0.250. The Hall–Kier alpha value is 2.58. The summed E-state index contributed by atoms with van der Waals surface area (Å²) in [5.74, 6) is 0. The van der Waals surface area contributed by atoms with E-state index in [0.29, 0.717) is 0 Å². The first-order valence-electron chi connectivity index (χ1n) is 1.65. The molecule has 0 aliphatic rings. The molecule has 8 nitrogen and oxygen atoms in total. The van der Waals surface area contributed by atoms with Crippen molar-refractivity contribution in [1.82, 2.24) is 0 Å². The van der Waals surface area contributed by atoms with E-state index in [2.05, 4.69) is 8.67 Å². The van der Waals surface area contributed by atoms with Crippen LogP contribution in [0, 0.1) is 0 Å². The fourth-order valence-corrected chi connectivity index (χ4v) is 0. The second-order valence-electron chi connectivity index (χ2n) is 0.911. The average molecular weight is 274 g/mol. The fourth-order valence-electron chi connectivity index (χ4n) is 0. The molecule has 0 aromatic heterocycles. The molecule has 0 aromatic carbocycles. The number of rotatable bonds is 2. The van der Waals surface area contributed by atoms with E-state index in [1.807, 2.05) is 0 Å². The van der Waals surface area contributed by atoms with Gasteiger partial charge in [-0.15, -0.1) is 4.33 Å². The summed E-state index contributed by atoms with van der Waals surface area (Å²) in [4.78, 5) is 0. The molecule has 2 atom stereocenters. The Bertz CT molecular complexity index is 193. The van der Waals surface area contributed by atoms with Gasteiger partial charge in [-0.2, -0.15) is 0 Å². The maximum absolute atomic E-state index is 9.58. The predicted octanol–water partition coefficient (Wildman–Crippen LogP) is -2.22. The van der Waals surface area contributed by atoms with Gasteiger partial charge in [0.05, 0.1) is 0 Å². The summed E-state index contributed by atoms with van der Waals surface area (Å²) in [5.41, 5.74) is 0. The molecule has 0 aliphatic heterocycles. The summed E-state index contributed by atoms with van der Waals surface area (Å²) in [7, 11) is 0. The zero-order valence-corrected chi connectivity index (χ0v) is 11.6. The van der Waals surface area contributed by atoms with E-state index in [4.69, 9.17) is 19.3 Å². The van der Waals surface area contributed by atoms with Gasteiger partial charge in [-0.25, -0.2) is 9.47 Å². The van der Waals surface area contributed by atoms with Crippen LogP contribution in [-0.4, -0.2) is 99.1 Å². The van der Waals surface area contributed by atoms with Gasteiger partial charge in [0.1, 0.15) is 11.4 Å². The molecule has 0 aliphatic carbocycles. The van der Waals surface area contributed by atoms with E-state index in [9.17, 15) is 8.76 Å². The van der Waals surface area contributed by atoms with Gasteiger partial charge in [-0.3, -0.25) is 0 Å². The zero-order valence-electron chi connectivity index (χ0n) is 5.57. The molecule has 0 radical (unpaired) electrons. The normalized spacial score (nSPS) is 16.2. The van der Waals surface area contributed by atoms with Crippen molar-refractivity contribution < 1.29 is 36.7 Å². The van der Waals surface area contributed by atoms with Gasteiger partial charge in [0.15, 0.2) is 0 Å². The summed E-state index contributed by atoms with van der Waals surface area (Å²) < 4.78 is 39.1. The van der Waals surface area contributed by atoms with Crippen molar-refractivity contribution in [2.24, 2.45) is 0 Å². The molecule has 0 saturated heterocycles. The van der Waals surface area contributed by atoms with Crippen molar-refractivity contribution in [3.8, 4) is 0 Å². The molecular weight excluding hydrogens is 272 g/mol. The zero-order chi connectivity index (χ0) is 9.49. The predicted molar refractivity (Wildman–Crippen MR) is 36.8 cm³/mol. The summed E-state index contributed by atoms with van der Waals surface area (Å²) in [5, 5.41) is 14.4. The Morgan fingerprint density at radius 1 is 1.50 bits per heavy atom. The van der Waals surface area contributed by atoms with Crippen LogP contribution in [0.25, 0.3) is 0 Å². The minimum atomic E-state index is -3.48. The van der Waals surface area contributed by atoms with Gasteiger partial charge in [0, 0.05) is 0 Å². The maximum Gasteiger partial charge on any atom is 2.00 e. The van der Waals surface area contributed by atoms with E-state index in [-0.39, 0.29) is 71.1 Å². The van der Waals surface area contributed by atoms with Crippen LogP contribution in [0.1, 0.15) is 0 Å². The molecule has 0 bridgehead atoms. The van der Waals surface area contributed by atoms with Crippen molar-refractivity contribution >= 4 is 86.9 Å². The van der Waals surface area contributed by atoms with Crippen LogP contribution in [0.15, 0.2) is 0 Å². The summed E-state index contributed by atoms with van der Waals surface area (Å²) in [6.07, 6.45) is 0. The van der Waals surface area contributed by atoms with Crippen molar-refractivity contribution in [2.45, 2.75) is 0 Å². The second-order valence-corrected chi connectivity index (χ2v) is 6.05. The third-order valence-electron chi connectivity index (χ3n) is 0.174. The largest absolute Gasteiger partial charge is 2.00 e. The Labute approximate surface area is 121 Å². The molecule has 0 fully saturated rings. The van der Waals surface area contributed by atoms with Crippen LogP contribution in [0.3, 0.4) is 0 Å². The maximum atomic E-state index is 9.58. The molecule has 0 amide bonds. The topological polar surface area (TPSA) is 139 Å². The molecule has 0 spiro atoms. The molecule has 12 heteroatoms. The Kier molecular flexibility index (Phi) is 19.5. The number of hydrogen-bond donors (Lipinski definition) is 2. The van der Waals surface area contributed by atoms with Crippen molar-refractivity contribution in [3.63, 3.8) is 0 Å². The summed E-state index contributed by atoms with van der Waals surface area (Å²) >= 11 is -2.85. The van der Waals surface area contributed by atoms with E-state index in [1.165, 1.54) is 0 Å². The van der Waals surface area contributed by atoms with Gasteiger partial charge in [-0.1, -0.05) is 0 Å². The Balaban J connectivity index is -0.000000126. The Morgan fingerprint density at radius 3 is 1.67 bits per heavy atom. The first-order chi connectivity index (χ1) is 4.83. The van der Waals surface area contributed by atoms with E-state index in [1.54, 1.807) is 0 Å². The van der Waals surface area contributed by atoms with E-state index >= 15 is 0 Å². The van der Waals surface area contributed by atoms with Gasteiger partial charge in [0.25, 0.3) is 0 Å². The monoisotopic (exact) mass is 274 g/mol. The first-order valence-corrected chi connectivity index (χ1v) is 6.94. The number of hydrogen-bond acceptors (Lipinski definition) is 8. The summed E-state index contributed by atoms with van der Waals surface area (Å²) in [6, 6.07) is 0. The standard InChI is InChI=1S/2Ca.2H2O4S/c;;2*1-4-5(2)3/h;;2*1H,(H,2,3)/q;+2;;/p-2. The van der Waals surface area contributed by atoms with Crippen molar-refractivity contribution in [1.29, 1.82) is 0 Å². The van der Waals surface area contributed by atoms with Gasteiger partial charge in [-0.05, 0) is 0 Å². The van der Waals surface area contributed by atoms with Gasteiger partial charge >= 0.3 is 93.9 Å². The van der Waals surface area contributed by atoms with Crippen LogP contribution in [-0.2, 0) is 24.5 Å². The first kappa shape index (κ1) is 20.1. The molecule has 12 heavy (non-hydrogen) atoms. The van der Waals surface area contributed by atoms with Crippen LogP contribution < -0.4 is 0 Å². The fraction of sp³-hybridized carbons (Fsp3) is 0. The third kappa shape index (κ3) is 29.4. The molecular formula is H2Ca2O8S2. The van der Waals surface area contributed by atoms with E-state index < -0.39 is 15.8 Å². The molecule has 2 unspecified atom stereocenters. The molecule has 0 saturated carbocycles. The van der Waals surface area contributed by atoms with Crippen molar-refractivity contribution in [2.75, 3.05) is 0 Å². The van der Waals surface area contributed by atoms with Crippen LogP contribution in [0.5, 0.6) is 0 Å². The molecule has 2 N–H and O–H groups in total.